The first-order valence-electron chi connectivity index (χ1n) is 5.53. The fourth-order valence-corrected chi connectivity index (χ4v) is 3.13. The lowest BCUT2D eigenvalue weighted by molar-refractivity contribution is -0.111. The second kappa shape index (κ2) is 6.20. The van der Waals surface area contributed by atoms with Crippen molar-refractivity contribution >= 4 is 26.7 Å². The molecule has 1 aromatic rings. The molecule has 1 unspecified atom stereocenters. The van der Waals surface area contributed by atoms with Gasteiger partial charge in [0.05, 0.1) is 16.8 Å². The summed E-state index contributed by atoms with van der Waals surface area (Å²) in [6.07, 6.45) is -0.197. The van der Waals surface area contributed by atoms with E-state index in [2.05, 4.69) is 0 Å². The third-order valence-electron chi connectivity index (χ3n) is 2.44. The molecule has 0 aromatic heterocycles. The second-order valence-corrected chi connectivity index (χ2v) is 6.61. The van der Waals surface area contributed by atoms with Crippen molar-refractivity contribution < 1.29 is 17.9 Å². The molecular formula is C12H15ClO4S. The monoisotopic (exact) mass is 290 g/mol. The van der Waals surface area contributed by atoms with Gasteiger partial charge in [0, 0.05) is 6.42 Å². The summed E-state index contributed by atoms with van der Waals surface area (Å²) >= 11 is 5.21. The molecule has 1 atom stereocenters. The van der Waals surface area contributed by atoms with Crippen molar-refractivity contribution in [3.05, 3.63) is 24.3 Å². The lowest BCUT2D eigenvalue weighted by Gasteiger charge is -2.11. The fraction of sp³-hybridized carbons (Fsp3) is 0.417. The summed E-state index contributed by atoms with van der Waals surface area (Å²) in [6, 6.07) is 6.11. The fourth-order valence-electron chi connectivity index (χ4n) is 1.46. The van der Waals surface area contributed by atoms with Gasteiger partial charge in [0.25, 0.3) is 0 Å². The number of carbonyl (C=O) groups excluding carboxylic acids is 1. The van der Waals surface area contributed by atoms with Crippen molar-refractivity contribution in [3.8, 4) is 5.75 Å². The summed E-state index contributed by atoms with van der Waals surface area (Å²) in [5.41, 5.74) is 0. The minimum absolute atomic E-state index is 0.163. The number of carbonyl (C=O) groups is 1. The van der Waals surface area contributed by atoms with Gasteiger partial charge in [-0.25, -0.2) is 8.42 Å². The standard InChI is InChI=1S/C12H15ClO4S/c1-3-17-10-4-6-11(7-5-10)18(15,16)9(2)8-12(13)14/h4-7,9H,3,8H2,1-2H3. The summed E-state index contributed by atoms with van der Waals surface area (Å²) in [5, 5.41) is -1.49. The van der Waals surface area contributed by atoms with Crippen LogP contribution in [0, 0.1) is 0 Å². The van der Waals surface area contributed by atoms with Gasteiger partial charge in [0.15, 0.2) is 9.84 Å². The van der Waals surface area contributed by atoms with Gasteiger partial charge in [-0.1, -0.05) is 0 Å². The minimum atomic E-state index is -3.53. The number of ether oxygens (including phenoxy) is 1. The maximum Gasteiger partial charge on any atom is 0.222 e. The number of benzene rings is 1. The Hall–Kier alpha value is -1.07. The number of hydrogen-bond acceptors (Lipinski definition) is 4. The summed E-state index contributed by atoms with van der Waals surface area (Å²) in [5.74, 6) is 0.609. The van der Waals surface area contributed by atoms with Crippen molar-refractivity contribution in [3.63, 3.8) is 0 Å². The Balaban J connectivity index is 2.94. The molecule has 0 fully saturated rings. The van der Waals surface area contributed by atoms with Crippen LogP contribution >= 0.6 is 11.6 Å². The summed E-state index contributed by atoms with van der Waals surface area (Å²) in [4.78, 5) is 10.9. The van der Waals surface area contributed by atoms with Crippen molar-refractivity contribution in [2.24, 2.45) is 0 Å². The molecule has 0 heterocycles. The van der Waals surface area contributed by atoms with Crippen LogP contribution in [0.15, 0.2) is 29.2 Å². The maximum atomic E-state index is 12.1. The van der Waals surface area contributed by atoms with Crippen LogP contribution in [-0.2, 0) is 14.6 Å². The zero-order valence-corrected chi connectivity index (χ0v) is 11.8. The zero-order chi connectivity index (χ0) is 13.8. The number of rotatable bonds is 6. The van der Waals surface area contributed by atoms with Crippen LogP contribution in [0.2, 0.25) is 0 Å². The van der Waals surface area contributed by atoms with Gasteiger partial charge in [-0.05, 0) is 49.7 Å². The molecule has 1 aromatic carbocycles. The van der Waals surface area contributed by atoms with Gasteiger partial charge in [-0.2, -0.15) is 0 Å². The Bertz CT molecular complexity index is 507. The smallest absolute Gasteiger partial charge is 0.222 e. The average Bonchev–Trinajstić information content (AvgIpc) is 2.29. The third kappa shape index (κ3) is 3.71. The largest absolute Gasteiger partial charge is 0.494 e. The topological polar surface area (TPSA) is 60.4 Å². The molecular weight excluding hydrogens is 276 g/mol. The van der Waals surface area contributed by atoms with Gasteiger partial charge in [-0.3, -0.25) is 4.79 Å². The second-order valence-electron chi connectivity index (χ2n) is 3.82. The van der Waals surface area contributed by atoms with Gasteiger partial charge >= 0.3 is 0 Å². The van der Waals surface area contributed by atoms with Crippen LogP contribution in [-0.4, -0.2) is 25.5 Å². The van der Waals surface area contributed by atoms with Crippen molar-refractivity contribution in [1.82, 2.24) is 0 Å². The molecule has 4 nitrogen and oxygen atoms in total. The summed E-state index contributed by atoms with van der Waals surface area (Å²) in [7, 11) is -3.53. The van der Waals surface area contributed by atoms with Crippen molar-refractivity contribution in [2.75, 3.05) is 6.61 Å². The number of hydrogen-bond donors (Lipinski definition) is 0. The van der Waals surface area contributed by atoms with E-state index in [9.17, 15) is 13.2 Å². The Labute approximate surface area is 112 Å². The van der Waals surface area contributed by atoms with Crippen molar-refractivity contribution in [2.45, 2.75) is 30.4 Å². The van der Waals surface area contributed by atoms with E-state index in [0.717, 1.165) is 0 Å². The Morgan fingerprint density at radius 2 is 1.89 bits per heavy atom. The van der Waals surface area contributed by atoms with E-state index in [1.165, 1.54) is 19.1 Å². The van der Waals surface area contributed by atoms with E-state index in [1.807, 2.05) is 6.92 Å². The number of halogens is 1. The predicted molar refractivity (Wildman–Crippen MR) is 69.7 cm³/mol. The van der Waals surface area contributed by atoms with Crippen LogP contribution in [0.1, 0.15) is 20.3 Å². The first-order valence-corrected chi connectivity index (χ1v) is 7.45. The van der Waals surface area contributed by atoms with E-state index in [0.29, 0.717) is 12.4 Å². The molecule has 0 saturated heterocycles. The molecule has 0 aliphatic carbocycles. The SMILES string of the molecule is CCOc1ccc(S(=O)(=O)C(C)CC(=O)Cl)cc1. The molecule has 0 saturated carbocycles. The third-order valence-corrected chi connectivity index (χ3v) is 4.75. The molecule has 0 aliphatic heterocycles. The lowest BCUT2D eigenvalue weighted by atomic mass is 10.3. The van der Waals surface area contributed by atoms with E-state index in [4.69, 9.17) is 16.3 Å². The molecule has 0 aliphatic rings. The Morgan fingerprint density at radius 1 is 1.33 bits per heavy atom. The van der Waals surface area contributed by atoms with Crippen LogP contribution < -0.4 is 4.74 Å². The highest BCUT2D eigenvalue weighted by Gasteiger charge is 2.24. The molecule has 1 rings (SSSR count). The summed E-state index contributed by atoms with van der Waals surface area (Å²) < 4.78 is 29.4. The first-order chi connectivity index (χ1) is 8.37. The molecule has 0 N–H and O–H groups in total. The van der Waals surface area contributed by atoms with E-state index < -0.39 is 20.3 Å². The quantitative estimate of drug-likeness (QED) is 0.755. The molecule has 6 heteroatoms. The van der Waals surface area contributed by atoms with Crippen molar-refractivity contribution in [1.29, 1.82) is 0 Å². The average molecular weight is 291 g/mol. The predicted octanol–water partition coefficient (Wildman–Crippen LogP) is 2.40. The zero-order valence-electron chi connectivity index (χ0n) is 10.2. The highest BCUT2D eigenvalue weighted by Crippen LogP contribution is 2.21. The molecule has 100 valence electrons. The lowest BCUT2D eigenvalue weighted by Crippen LogP contribution is -2.20. The Morgan fingerprint density at radius 3 is 2.33 bits per heavy atom. The van der Waals surface area contributed by atoms with Gasteiger partial charge in [0.2, 0.25) is 5.24 Å². The highest BCUT2D eigenvalue weighted by molar-refractivity contribution is 7.92. The summed E-state index contributed by atoms with van der Waals surface area (Å²) in [6.45, 7) is 3.83. The maximum absolute atomic E-state index is 12.1. The van der Waals surface area contributed by atoms with Gasteiger partial charge < -0.3 is 4.74 Å². The molecule has 0 amide bonds. The molecule has 18 heavy (non-hydrogen) atoms. The minimum Gasteiger partial charge on any atom is -0.494 e. The molecule has 0 spiro atoms. The van der Waals surface area contributed by atoms with Gasteiger partial charge in [0.1, 0.15) is 5.75 Å². The van der Waals surface area contributed by atoms with Crippen LogP contribution in [0.25, 0.3) is 0 Å². The Kier molecular flexibility index (Phi) is 5.16. The molecule has 0 radical (unpaired) electrons. The highest BCUT2D eigenvalue weighted by atomic mass is 35.5. The molecule has 0 bridgehead atoms. The van der Waals surface area contributed by atoms with Gasteiger partial charge in [-0.15, -0.1) is 0 Å². The van der Waals surface area contributed by atoms with Crippen LogP contribution in [0.3, 0.4) is 0 Å². The van der Waals surface area contributed by atoms with E-state index in [-0.39, 0.29) is 11.3 Å². The van der Waals surface area contributed by atoms with E-state index >= 15 is 0 Å². The number of sulfone groups is 1. The van der Waals surface area contributed by atoms with E-state index in [1.54, 1.807) is 12.1 Å². The van der Waals surface area contributed by atoms with Crippen LogP contribution in [0.5, 0.6) is 5.75 Å². The normalized spacial score (nSPS) is 13.1. The van der Waals surface area contributed by atoms with Crippen LogP contribution in [0.4, 0.5) is 0 Å². The first kappa shape index (κ1) is 15.0.